The summed E-state index contributed by atoms with van der Waals surface area (Å²) in [5.74, 6) is 4.36. The molecule has 3 aromatic carbocycles. The Balaban J connectivity index is 1.51. The van der Waals surface area contributed by atoms with Gasteiger partial charge in [0.2, 0.25) is 5.91 Å². The van der Waals surface area contributed by atoms with Crippen molar-refractivity contribution in [1.82, 2.24) is 4.98 Å². The van der Waals surface area contributed by atoms with Gasteiger partial charge in [-0.15, -0.1) is 0 Å². The molecule has 0 saturated heterocycles. The Labute approximate surface area is 212 Å². The number of hydrogen-bond donors (Lipinski definition) is 3. The molecular formula is C29H20FN3O4. The number of carboxylic acid groups (broad SMARTS) is 1. The molecule has 0 radical (unpaired) electrons. The molecule has 0 unspecified atom stereocenters. The first-order valence-electron chi connectivity index (χ1n) is 11.1. The molecule has 8 heteroatoms. The summed E-state index contributed by atoms with van der Waals surface area (Å²) in [6.45, 7) is 0. The molecule has 2 amide bonds. The fourth-order valence-electron chi connectivity index (χ4n) is 3.45. The highest BCUT2D eigenvalue weighted by atomic mass is 19.1. The van der Waals surface area contributed by atoms with Crippen LogP contribution in [0.25, 0.3) is 11.3 Å². The van der Waals surface area contributed by atoms with E-state index in [1.54, 1.807) is 36.5 Å². The van der Waals surface area contributed by atoms with Crippen LogP contribution in [0.5, 0.6) is 0 Å². The van der Waals surface area contributed by atoms with Gasteiger partial charge in [-0.25, -0.2) is 9.18 Å². The van der Waals surface area contributed by atoms with Gasteiger partial charge in [0.05, 0.1) is 23.5 Å². The number of ketones is 1. The van der Waals surface area contributed by atoms with Crippen molar-refractivity contribution in [3.8, 4) is 23.1 Å². The Hall–Kier alpha value is -5.29. The molecule has 0 aliphatic carbocycles. The van der Waals surface area contributed by atoms with Crippen molar-refractivity contribution >= 4 is 29.2 Å². The van der Waals surface area contributed by atoms with Crippen LogP contribution in [0.4, 0.5) is 20.6 Å². The maximum absolute atomic E-state index is 13.1. The monoisotopic (exact) mass is 493 g/mol. The number of rotatable bonds is 6. The predicted molar refractivity (Wildman–Crippen MR) is 138 cm³/mol. The molecule has 37 heavy (non-hydrogen) atoms. The molecule has 4 rings (SSSR count). The molecular weight excluding hydrogens is 473 g/mol. The minimum Gasteiger partial charge on any atom is -0.465 e. The number of carbonyl (C=O) groups is 3. The summed E-state index contributed by atoms with van der Waals surface area (Å²) in [6, 6.07) is 22.4. The van der Waals surface area contributed by atoms with Crippen LogP contribution < -0.4 is 10.6 Å². The largest absolute Gasteiger partial charge is 0.465 e. The molecule has 0 spiro atoms. The zero-order valence-electron chi connectivity index (χ0n) is 19.4. The standard InChI is InChI=1S/C29H20FN3O4/c30-23-12-9-19(10-13-23)7-8-20-11-14-25(33-29(36)37)26(16-20)32-28(35)18-27(34)22-5-3-4-21(17-22)24-6-1-2-15-31-24/h1-6,9-17,33H,18H2,(H,32,35)(H,36,37). The van der Waals surface area contributed by atoms with Crippen LogP contribution in [0.2, 0.25) is 0 Å². The Morgan fingerprint density at radius 1 is 0.811 bits per heavy atom. The van der Waals surface area contributed by atoms with Gasteiger partial charge in [-0.3, -0.25) is 19.9 Å². The summed E-state index contributed by atoms with van der Waals surface area (Å²) in [7, 11) is 0. The van der Waals surface area contributed by atoms with Crippen LogP contribution >= 0.6 is 0 Å². The highest BCUT2D eigenvalue weighted by molar-refractivity contribution is 6.12. The smallest absolute Gasteiger partial charge is 0.409 e. The second-order valence-corrected chi connectivity index (χ2v) is 7.89. The zero-order valence-corrected chi connectivity index (χ0v) is 19.4. The van der Waals surface area contributed by atoms with E-state index in [1.165, 1.54) is 36.4 Å². The summed E-state index contributed by atoms with van der Waals surface area (Å²) < 4.78 is 13.1. The summed E-state index contributed by atoms with van der Waals surface area (Å²) >= 11 is 0. The number of hydrogen-bond acceptors (Lipinski definition) is 4. The van der Waals surface area contributed by atoms with Crippen molar-refractivity contribution in [2.24, 2.45) is 0 Å². The molecule has 0 atom stereocenters. The second-order valence-electron chi connectivity index (χ2n) is 7.89. The molecule has 3 N–H and O–H groups in total. The van der Waals surface area contributed by atoms with Gasteiger partial charge in [0.1, 0.15) is 5.82 Å². The number of halogens is 1. The lowest BCUT2D eigenvalue weighted by atomic mass is 10.0. The van der Waals surface area contributed by atoms with E-state index in [9.17, 15) is 18.8 Å². The Morgan fingerprint density at radius 2 is 1.57 bits per heavy atom. The van der Waals surface area contributed by atoms with Gasteiger partial charge in [0.15, 0.2) is 5.78 Å². The van der Waals surface area contributed by atoms with Crippen LogP contribution in [0.1, 0.15) is 27.9 Å². The average Bonchev–Trinajstić information content (AvgIpc) is 2.90. The van der Waals surface area contributed by atoms with E-state index in [0.29, 0.717) is 22.4 Å². The zero-order chi connectivity index (χ0) is 26.2. The van der Waals surface area contributed by atoms with Crippen molar-refractivity contribution in [1.29, 1.82) is 0 Å². The molecule has 0 saturated carbocycles. The normalized spacial score (nSPS) is 10.1. The van der Waals surface area contributed by atoms with E-state index in [-0.39, 0.29) is 17.2 Å². The summed E-state index contributed by atoms with van der Waals surface area (Å²) in [5.41, 5.74) is 3.12. The first-order chi connectivity index (χ1) is 17.9. The van der Waals surface area contributed by atoms with E-state index in [0.717, 1.165) is 5.56 Å². The van der Waals surface area contributed by atoms with Crippen molar-refractivity contribution in [3.05, 3.63) is 114 Å². The molecule has 4 aromatic rings. The van der Waals surface area contributed by atoms with Crippen LogP contribution in [0, 0.1) is 17.7 Å². The van der Waals surface area contributed by atoms with Crippen LogP contribution in [0.15, 0.2) is 91.1 Å². The first-order valence-corrected chi connectivity index (χ1v) is 11.1. The number of nitrogens with zero attached hydrogens (tertiary/aromatic N) is 1. The maximum Gasteiger partial charge on any atom is 0.409 e. The van der Waals surface area contributed by atoms with Gasteiger partial charge in [0.25, 0.3) is 0 Å². The molecule has 1 heterocycles. The highest BCUT2D eigenvalue weighted by Gasteiger charge is 2.15. The number of carbonyl (C=O) groups excluding carboxylic acids is 2. The minimum absolute atomic E-state index is 0.123. The third-order valence-corrected chi connectivity index (χ3v) is 5.20. The van der Waals surface area contributed by atoms with Crippen molar-refractivity contribution in [2.75, 3.05) is 10.6 Å². The van der Waals surface area contributed by atoms with Crippen LogP contribution in [-0.2, 0) is 4.79 Å². The number of anilines is 2. The third-order valence-electron chi connectivity index (χ3n) is 5.20. The topological polar surface area (TPSA) is 108 Å². The van der Waals surface area contributed by atoms with E-state index < -0.39 is 24.2 Å². The number of benzene rings is 3. The van der Waals surface area contributed by atoms with Gasteiger partial charge in [0, 0.05) is 28.5 Å². The minimum atomic E-state index is -1.32. The maximum atomic E-state index is 13.1. The highest BCUT2D eigenvalue weighted by Crippen LogP contribution is 2.24. The molecule has 1 aromatic heterocycles. The number of amides is 2. The average molecular weight is 493 g/mol. The van der Waals surface area contributed by atoms with Crippen molar-refractivity contribution < 1.29 is 23.9 Å². The molecule has 7 nitrogen and oxygen atoms in total. The number of nitrogens with one attached hydrogen (secondary N) is 2. The number of pyridine rings is 1. The van der Waals surface area contributed by atoms with Gasteiger partial charge < -0.3 is 10.4 Å². The lowest BCUT2D eigenvalue weighted by Crippen LogP contribution is -2.18. The molecule has 0 aliphatic rings. The Bertz CT molecular complexity index is 1520. The van der Waals surface area contributed by atoms with Gasteiger partial charge >= 0.3 is 6.09 Å². The fourth-order valence-corrected chi connectivity index (χ4v) is 3.45. The lowest BCUT2D eigenvalue weighted by Gasteiger charge is -2.11. The predicted octanol–water partition coefficient (Wildman–Crippen LogP) is 5.59. The van der Waals surface area contributed by atoms with Crippen molar-refractivity contribution in [3.63, 3.8) is 0 Å². The van der Waals surface area contributed by atoms with Gasteiger partial charge in [-0.1, -0.05) is 36.1 Å². The SMILES string of the molecule is O=C(O)Nc1ccc(C#Cc2ccc(F)cc2)cc1NC(=O)CC(=O)c1cccc(-c2ccccn2)c1. The number of Topliss-reactive ketones (excluding diaryl/α,β-unsaturated/α-hetero) is 1. The Morgan fingerprint density at radius 3 is 2.30 bits per heavy atom. The molecule has 182 valence electrons. The second kappa shape index (κ2) is 11.4. The molecule has 0 bridgehead atoms. The first kappa shape index (κ1) is 24.8. The van der Waals surface area contributed by atoms with E-state index in [1.807, 2.05) is 18.2 Å². The molecule has 0 fully saturated rings. The van der Waals surface area contributed by atoms with Crippen LogP contribution in [-0.4, -0.2) is 27.9 Å². The Kier molecular flexibility index (Phi) is 7.66. The quantitative estimate of drug-likeness (QED) is 0.184. The van der Waals surface area contributed by atoms with Gasteiger partial charge in [-0.05, 0) is 60.7 Å². The van der Waals surface area contributed by atoms with Crippen LogP contribution in [0.3, 0.4) is 0 Å². The van der Waals surface area contributed by atoms with E-state index >= 15 is 0 Å². The van der Waals surface area contributed by atoms with Crippen molar-refractivity contribution in [2.45, 2.75) is 6.42 Å². The summed E-state index contributed by atoms with van der Waals surface area (Å²) in [5, 5.41) is 14.0. The van der Waals surface area contributed by atoms with Gasteiger partial charge in [-0.2, -0.15) is 0 Å². The summed E-state index contributed by atoms with van der Waals surface area (Å²) in [4.78, 5) is 41.0. The van der Waals surface area contributed by atoms with E-state index in [2.05, 4.69) is 27.5 Å². The fraction of sp³-hybridized carbons (Fsp3) is 0.0345. The van der Waals surface area contributed by atoms with E-state index in [4.69, 9.17) is 5.11 Å². The lowest BCUT2D eigenvalue weighted by molar-refractivity contribution is -0.115. The molecule has 0 aliphatic heterocycles. The number of aromatic nitrogens is 1. The third kappa shape index (κ3) is 6.87. The summed E-state index contributed by atoms with van der Waals surface area (Å²) in [6.07, 6.45) is -0.120.